The third kappa shape index (κ3) is 5.17. The van der Waals surface area contributed by atoms with Gasteiger partial charge in [-0.15, -0.1) is 10.2 Å². The number of nitrogens with one attached hydrogen (secondary N) is 1. The van der Waals surface area contributed by atoms with E-state index in [4.69, 9.17) is 0 Å². The minimum atomic E-state index is 0.00992. The van der Waals surface area contributed by atoms with Crippen LogP contribution in [0.1, 0.15) is 11.1 Å². The van der Waals surface area contributed by atoms with Crippen LogP contribution in [0.3, 0.4) is 0 Å². The lowest BCUT2D eigenvalue weighted by Crippen LogP contribution is -2.27. The van der Waals surface area contributed by atoms with Crippen LogP contribution in [0.25, 0.3) is 11.3 Å². The summed E-state index contributed by atoms with van der Waals surface area (Å²) < 4.78 is 0. The van der Waals surface area contributed by atoms with E-state index in [-0.39, 0.29) is 5.91 Å². The molecule has 3 aromatic rings. The molecule has 26 heavy (non-hydrogen) atoms. The molecular weight excluding hydrogens is 342 g/mol. The van der Waals surface area contributed by atoms with E-state index in [1.54, 1.807) is 0 Å². The summed E-state index contributed by atoms with van der Waals surface area (Å²) in [4.78, 5) is 12.0. The van der Waals surface area contributed by atoms with Gasteiger partial charge in [-0.1, -0.05) is 66.4 Å². The van der Waals surface area contributed by atoms with Crippen molar-refractivity contribution in [3.63, 3.8) is 0 Å². The van der Waals surface area contributed by atoms with Gasteiger partial charge < -0.3 is 5.32 Å². The Bertz CT molecular complexity index is 851. The Morgan fingerprint density at radius 1 is 0.962 bits per heavy atom. The number of thioether (sulfide) groups is 1. The predicted octanol–water partition coefficient (Wildman–Crippen LogP) is 3.90. The molecule has 0 saturated carbocycles. The quantitative estimate of drug-likeness (QED) is 0.647. The van der Waals surface area contributed by atoms with Crippen molar-refractivity contribution in [2.24, 2.45) is 0 Å². The number of benzene rings is 2. The van der Waals surface area contributed by atoms with Gasteiger partial charge in [0.2, 0.25) is 5.91 Å². The number of aromatic nitrogens is 2. The molecule has 4 nitrogen and oxygen atoms in total. The second-order valence-corrected chi connectivity index (χ2v) is 6.94. The van der Waals surface area contributed by atoms with Crippen molar-refractivity contribution in [1.82, 2.24) is 15.5 Å². The van der Waals surface area contributed by atoms with Gasteiger partial charge in [-0.3, -0.25) is 4.79 Å². The third-order valence-corrected chi connectivity index (χ3v) is 4.91. The highest BCUT2D eigenvalue weighted by atomic mass is 32.2. The molecule has 1 heterocycles. The molecular formula is C21H21N3OS. The Balaban J connectivity index is 1.46. The van der Waals surface area contributed by atoms with Crippen LogP contribution in [0, 0.1) is 6.92 Å². The molecule has 0 unspecified atom stereocenters. The van der Waals surface area contributed by atoms with Gasteiger partial charge in [-0.25, -0.2) is 0 Å². The summed E-state index contributed by atoms with van der Waals surface area (Å²) >= 11 is 1.40. The van der Waals surface area contributed by atoms with Crippen molar-refractivity contribution >= 4 is 17.7 Å². The first-order chi connectivity index (χ1) is 12.7. The molecule has 1 amide bonds. The minimum Gasteiger partial charge on any atom is -0.355 e. The van der Waals surface area contributed by atoms with Gasteiger partial charge in [0.15, 0.2) is 0 Å². The number of amides is 1. The normalized spacial score (nSPS) is 10.5. The first kappa shape index (κ1) is 18.1. The van der Waals surface area contributed by atoms with Crippen LogP contribution in [0.2, 0.25) is 0 Å². The molecule has 0 spiro atoms. The number of carbonyl (C=O) groups excluding carboxylic acids is 1. The second kappa shape index (κ2) is 9.15. The molecule has 1 aromatic heterocycles. The van der Waals surface area contributed by atoms with Crippen LogP contribution in [0.5, 0.6) is 0 Å². The molecule has 1 N–H and O–H groups in total. The summed E-state index contributed by atoms with van der Waals surface area (Å²) in [6.45, 7) is 2.70. The van der Waals surface area contributed by atoms with Gasteiger partial charge >= 0.3 is 0 Å². The molecule has 0 radical (unpaired) electrons. The van der Waals surface area contributed by atoms with Crippen molar-refractivity contribution in [2.45, 2.75) is 18.4 Å². The van der Waals surface area contributed by atoms with E-state index in [9.17, 15) is 4.79 Å². The average molecular weight is 363 g/mol. The molecule has 0 aliphatic carbocycles. The lowest BCUT2D eigenvalue weighted by molar-refractivity contribution is -0.118. The largest absolute Gasteiger partial charge is 0.355 e. The lowest BCUT2D eigenvalue weighted by Gasteiger charge is -2.06. The maximum absolute atomic E-state index is 12.0. The van der Waals surface area contributed by atoms with Crippen LogP contribution >= 0.6 is 11.8 Å². The molecule has 0 fully saturated rings. The van der Waals surface area contributed by atoms with Gasteiger partial charge in [0.05, 0.1) is 11.4 Å². The molecule has 0 aliphatic rings. The molecule has 0 aliphatic heterocycles. The maximum atomic E-state index is 12.0. The van der Waals surface area contributed by atoms with Crippen LogP contribution in [-0.2, 0) is 11.2 Å². The Labute approximate surface area is 158 Å². The van der Waals surface area contributed by atoms with Crippen LogP contribution in [0.15, 0.2) is 71.8 Å². The Morgan fingerprint density at radius 2 is 1.73 bits per heavy atom. The van der Waals surface area contributed by atoms with E-state index in [0.717, 1.165) is 22.7 Å². The number of aryl methyl sites for hydroxylation is 1. The highest BCUT2D eigenvalue weighted by Gasteiger charge is 2.06. The average Bonchev–Trinajstić information content (AvgIpc) is 2.68. The van der Waals surface area contributed by atoms with Gasteiger partial charge in [0.25, 0.3) is 0 Å². The summed E-state index contributed by atoms with van der Waals surface area (Å²) in [5.41, 5.74) is 4.31. The van der Waals surface area contributed by atoms with E-state index < -0.39 is 0 Å². The maximum Gasteiger partial charge on any atom is 0.230 e. The van der Waals surface area contributed by atoms with Crippen LogP contribution < -0.4 is 5.32 Å². The summed E-state index contributed by atoms with van der Waals surface area (Å²) in [7, 11) is 0. The first-order valence-electron chi connectivity index (χ1n) is 8.55. The molecule has 5 heteroatoms. The second-order valence-electron chi connectivity index (χ2n) is 5.95. The number of rotatable bonds is 7. The Kier molecular flexibility index (Phi) is 6.39. The minimum absolute atomic E-state index is 0.00992. The molecule has 132 valence electrons. The summed E-state index contributed by atoms with van der Waals surface area (Å²) in [6.07, 6.45) is 0.835. The van der Waals surface area contributed by atoms with E-state index in [2.05, 4.69) is 40.6 Å². The monoisotopic (exact) mass is 363 g/mol. The first-order valence-corrected chi connectivity index (χ1v) is 9.54. The van der Waals surface area contributed by atoms with Gasteiger partial charge in [-0.05, 0) is 36.6 Å². The molecule has 2 aromatic carbocycles. The number of carbonyl (C=O) groups is 1. The highest BCUT2D eigenvalue weighted by Crippen LogP contribution is 2.22. The van der Waals surface area contributed by atoms with Crippen molar-refractivity contribution in [2.75, 3.05) is 12.3 Å². The molecule has 0 atom stereocenters. The molecule has 3 rings (SSSR count). The van der Waals surface area contributed by atoms with Gasteiger partial charge in [-0.2, -0.15) is 0 Å². The zero-order valence-corrected chi connectivity index (χ0v) is 15.5. The van der Waals surface area contributed by atoms with Crippen molar-refractivity contribution < 1.29 is 4.79 Å². The van der Waals surface area contributed by atoms with E-state index in [1.807, 2.05) is 48.5 Å². The smallest absolute Gasteiger partial charge is 0.230 e. The SMILES string of the molecule is Cc1ccccc1-c1ccc(SCC(=O)NCCc2ccccc2)nn1. The Morgan fingerprint density at radius 3 is 2.46 bits per heavy atom. The fourth-order valence-corrected chi connectivity index (χ4v) is 3.23. The van der Waals surface area contributed by atoms with Gasteiger partial charge in [0.1, 0.15) is 5.03 Å². The van der Waals surface area contributed by atoms with E-state index in [0.29, 0.717) is 12.3 Å². The van der Waals surface area contributed by atoms with Crippen molar-refractivity contribution in [3.05, 3.63) is 77.9 Å². The number of hydrogen-bond acceptors (Lipinski definition) is 4. The number of hydrogen-bond donors (Lipinski definition) is 1. The summed E-state index contributed by atoms with van der Waals surface area (Å²) in [5, 5.41) is 12.2. The molecule has 0 bridgehead atoms. The number of nitrogens with zero attached hydrogens (tertiary/aromatic N) is 2. The Hall–Kier alpha value is -2.66. The topological polar surface area (TPSA) is 54.9 Å². The highest BCUT2D eigenvalue weighted by molar-refractivity contribution is 7.99. The fourth-order valence-electron chi connectivity index (χ4n) is 2.58. The lowest BCUT2D eigenvalue weighted by atomic mass is 10.1. The zero-order chi connectivity index (χ0) is 18.2. The predicted molar refractivity (Wildman–Crippen MR) is 106 cm³/mol. The van der Waals surface area contributed by atoms with Gasteiger partial charge in [0, 0.05) is 12.1 Å². The van der Waals surface area contributed by atoms with Crippen molar-refractivity contribution in [1.29, 1.82) is 0 Å². The standard InChI is InChI=1S/C21H21N3OS/c1-16-7-5-6-10-18(16)19-11-12-21(24-23-19)26-15-20(25)22-14-13-17-8-3-2-4-9-17/h2-12H,13-15H2,1H3,(H,22,25). The van der Waals surface area contributed by atoms with Crippen LogP contribution in [0.4, 0.5) is 0 Å². The summed E-state index contributed by atoms with van der Waals surface area (Å²) in [5.74, 6) is 0.350. The van der Waals surface area contributed by atoms with E-state index in [1.165, 1.54) is 22.9 Å². The third-order valence-electron chi connectivity index (χ3n) is 3.99. The van der Waals surface area contributed by atoms with Crippen LogP contribution in [-0.4, -0.2) is 28.4 Å². The van der Waals surface area contributed by atoms with Crippen molar-refractivity contribution in [3.8, 4) is 11.3 Å². The zero-order valence-electron chi connectivity index (χ0n) is 14.7. The molecule has 0 saturated heterocycles. The fraction of sp³-hybridized carbons (Fsp3) is 0.190. The van der Waals surface area contributed by atoms with E-state index >= 15 is 0 Å². The summed E-state index contributed by atoms with van der Waals surface area (Å²) in [6, 6.07) is 22.1.